The van der Waals surface area contributed by atoms with Crippen molar-refractivity contribution in [1.82, 2.24) is 15.5 Å². The van der Waals surface area contributed by atoms with E-state index < -0.39 is 0 Å². The molecule has 0 bridgehead atoms. The van der Waals surface area contributed by atoms with Crippen molar-refractivity contribution in [3.8, 4) is 34.4 Å². The standard InChI is InChI=1S/C24H26N4O6/c1-30-18-6-4-17(12-20(18)31-2)22-26-24(34-27-22)28-9-7-16(8-10-28)23(29)25-13-15-3-5-19-21(11-15)33-14-32-19/h3-6,11-12,16H,7-10,13-14H2,1-2H3,(H,25,29). The summed E-state index contributed by atoms with van der Waals surface area (Å²) in [5.74, 6) is 3.14. The van der Waals surface area contributed by atoms with Gasteiger partial charge in [0.15, 0.2) is 23.0 Å². The molecule has 1 aromatic heterocycles. The van der Waals surface area contributed by atoms with E-state index in [1.54, 1.807) is 20.3 Å². The largest absolute Gasteiger partial charge is 0.493 e. The van der Waals surface area contributed by atoms with Gasteiger partial charge in [-0.2, -0.15) is 4.98 Å². The van der Waals surface area contributed by atoms with Gasteiger partial charge in [-0.25, -0.2) is 0 Å². The summed E-state index contributed by atoms with van der Waals surface area (Å²) in [5, 5.41) is 7.14. The molecule has 3 aromatic rings. The number of benzene rings is 2. The lowest BCUT2D eigenvalue weighted by molar-refractivity contribution is -0.125. The number of fused-ring (bicyclic) bond motifs is 1. The van der Waals surface area contributed by atoms with E-state index in [1.165, 1.54) is 0 Å². The highest BCUT2D eigenvalue weighted by molar-refractivity contribution is 5.79. The van der Waals surface area contributed by atoms with Gasteiger partial charge in [0.25, 0.3) is 0 Å². The van der Waals surface area contributed by atoms with Crippen LogP contribution in [0.5, 0.6) is 23.0 Å². The first-order valence-electron chi connectivity index (χ1n) is 11.1. The summed E-state index contributed by atoms with van der Waals surface area (Å²) >= 11 is 0. The quantitative estimate of drug-likeness (QED) is 0.562. The molecule has 1 saturated heterocycles. The van der Waals surface area contributed by atoms with Gasteiger partial charge in [0.05, 0.1) is 14.2 Å². The first-order valence-corrected chi connectivity index (χ1v) is 11.1. The second-order valence-corrected chi connectivity index (χ2v) is 8.14. The molecule has 2 aliphatic rings. The number of amides is 1. The van der Waals surface area contributed by atoms with E-state index >= 15 is 0 Å². The number of rotatable bonds is 7. The second kappa shape index (κ2) is 9.50. The van der Waals surface area contributed by atoms with Crippen molar-refractivity contribution in [1.29, 1.82) is 0 Å². The van der Waals surface area contributed by atoms with E-state index in [0.717, 1.165) is 16.9 Å². The van der Waals surface area contributed by atoms with E-state index in [0.29, 0.717) is 61.6 Å². The third kappa shape index (κ3) is 4.43. The number of carbonyl (C=O) groups is 1. The van der Waals surface area contributed by atoms with Gasteiger partial charge in [0.2, 0.25) is 18.5 Å². The van der Waals surface area contributed by atoms with Crippen molar-refractivity contribution in [3.05, 3.63) is 42.0 Å². The van der Waals surface area contributed by atoms with Crippen LogP contribution in [0, 0.1) is 5.92 Å². The van der Waals surface area contributed by atoms with Crippen LogP contribution in [-0.4, -0.2) is 50.1 Å². The number of nitrogens with zero attached hydrogens (tertiary/aromatic N) is 3. The van der Waals surface area contributed by atoms with Gasteiger partial charge in [0.1, 0.15) is 0 Å². The first kappa shape index (κ1) is 21.9. The molecule has 0 unspecified atom stereocenters. The van der Waals surface area contributed by atoms with Crippen molar-refractivity contribution in [2.45, 2.75) is 19.4 Å². The molecule has 10 nitrogen and oxygen atoms in total. The van der Waals surface area contributed by atoms with Crippen LogP contribution < -0.4 is 29.2 Å². The predicted molar refractivity (Wildman–Crippen MR) is 122 cm³/mol. The Morgan fingerprint density at radius 3 is 2.65 bits per heavy atom. The van der Waals surface area contributed by atoms with Crippen LogP contribution in [0.15, 0.2) is 40.9 Å². The molecule has 0 spiro atoms. The van der Waals surface area contributed by atoms with Crippen LogP contribution in [0.2, 0.25) is 0 Å². The van der Waals surface area contributed by atoms with Gasteiger partial charge in [-0.1, -0.05) is 11.2 Å². The molecule has 1 fully saturated rings. The first-order chi connectivity index (χ1) is 16.6. The van der Waals surface area contributed by atoms with Gasteiger partial charge in [0, 0.05) is 31.1 Å². The van der Waals surface area contributed by atoms with E-state index in [9.17, 15) is 4.79 Å². The third-order valence-corrected chi connectivity index (χ3v) is 6.10. The summed E-state index contributed by atoms with van der Waals surface area (Å²) in [6, 6.07) is 11.6. The fraction of sp³-hybridized carbons (Fsp3) is 0.375. The highest BCUT2D eigenvalue weighted by atomic mass is 16.7. The number of piperidine rings is 1. The Bertz CT molecular complexity index is 1170. The average molecular weight is 466 g/mol. The number of anilines is 1. The average Bonchev–Trinajstić information content (AvgIpc) is 3.56. The Morgan fingerprint density at radius 2 is 1.85 bits per heavy atom. The summed E-state index contributed by atoms with van der Waals surface area (Å²) in [7, 11) is 3.17. The molecule has 3 heterocycles. The maximum atomic E-state index is 12.7. The van der Waals surface area contributed by atoms with Crippen molar-refractivity contribution in [3.63, 3.8) is 0 Å². The van der Waals surface area contributed by atoms with Crippen LogP contribution in [0.1, 0.15) is 18.4 Å². The third-order valence-electron chi connectivity index (χ3n) is 6.10. The Morgan fingerprint density at radius 1 is 1.06 bits per heavy atom. The Balaban J connectivity index is 1.15. The summed E-state index contributed by atoms with van der Waals surface area (Å²) in [5.41, 5.74) is 1.74. The van der Waals surface area contributed by atoms with Gasteiger partial charge >= 0.3 is 6.01 Å². The van der Waals surface area contributed by atoms with Crippen molar-refractivity contribution in [2.75, 3.05) is 39.0 Å². The molecule has 0 saturated carbocycles. The molecule has 0 aliphatic carbocycles. The van der Waals surface area contributed by atoms with Crippen LogP contribution >= 0.6 is 0 Å². The highest BCUT2D eigenvalue weighted by Crippen LogP contribution is 2.33. The summed E-state index contributed by atoms with van der Waals surface area (Å²) in [6.07, 6.45) is 1.42. The SMILES string of the molecule is COc1ccc(-c2noc(N3CCC(C(=O)NCc4ccc5c(c4)OCO5)CC3)n2)cc1OC. The fourth-order valence-electron chi connectivity index (χ4n) is 4.15. The molecule has 178 valence electrons. The van der Waals surface area contributed by atoms with E-state index in [4.69, 9.17) is 23.5 Å². The Hall–Kier alpha value is -3.95. The van der Waals surface area contributed by atoms with Crippen molar-refractivity contribution >= 4 is 11.9 Å². The normalized spacial score (nSPS) is 15.3. The van der Waals surface area contributed by atoms with E-state index in [-0.39, 0.29) is 18.6 Å². The number of methoxy groups -OCH3 is 2. The maximum absolute atomic E-state index is 12.7. The van der Waals surface area contributed by atoms with E-state index in [2.05, 4.69) is 15.5 Å². The molecular weight excluding hydrogens is 440 g/mol. The van der Waals surface area contributed by atoms with Gasteiger partial charge in [-0.05, 0) is 48.7 Å². The molecule has 2 aromatic carbocycles. The van der Waals surface area contributed by atoms with Crippen LogP contribution in [0.4, 0.5) is 6.01 Å². The molecule has 1 amide bonds. The number of hydrogen-bond donors (Lipinski definition) is 1. The number of nitrogens with one attached hydrogen (secondary N) is 1. The zero-order chi connectivity index (χ0) is 23.5. The number of ether oxygens (including phenoxy) is 4. The minimum Gasteiger partial charge on any atom is -0.493 e. The zero-order valence-electron chi connectivity index (χ0n) is 19.1. The fourth-order valence-corrected chi connectivity index (χ4v) is 4.15. The van der Waals surface area contributed by atoms with Crippen LogP contribution in [-0.2, 0) is 11.3 Å². The lowest BCUT2D eigenvalue weighted by atomic mass is 9.96. The number of aromatic nitrogens is 2. The second-order valence-electron chi connectivity index (χ2n) is 8.14. The maximum Gasteiger partial charge on any atom is 0.324 e. The molecule has 0 atom stereocenters. The number of carbonyl (C=O) groups excluding carboxylic acids is 1. The zero-order valence-corrected chi connectivity index (χ0v) is 19.1. The van der Waals surface area contributed by atoms with Crippen molar-refractivity contribution in [2.24, 2.45) is 5.92 Å². The topological polar surface area (TPSA) is 108 Å². The van der Waals surface area contributed by atoms with Gasteiger partial charge in [-0.3, -0.25) is 4.79 Å². The Labute approximate surface area is 196 Å². The van der Waals surface area contributed by atoms with Gasteiger partial charge in [-0.15, -0.1) is 0 Å². The molecule has 34 heavy (non-hydrogen) atoms. The molecular formula is C24H26N4O6. The molecule has 10 heteroatoms. The minimum atomic E-state index is -0.0569. The summed E-state index contributed by atoms with van der Waals surface area (Å²) < 4.78 is 26.8. The van der Waals surface area contributed by atoms with Crippen LogP contribution in [0.3, 0.4) is 0 Å². The van der Waals surface area contributed by atoms with Crippen LogP contribution in [0.25, 0.3) is 11.4 Å². The summed E-state index contributed by atoms with van der Waals surface area (Å²) in [4.78, 5) is 19.2. The predicted octanol–water partition coefficient (Wildman–Crippen LogP) is 3.02. The molecule has 5 rings (SSSR count). The summed E-state index contributed by atoms with van der Waals surface area (Å²) in [6.45, 7) is 2.01. The number of hydrogen-bond acceptors (Lipinski definition) is 9. The molecule has 1 N–H and O–H groups in total. The van der Waals surface area contributed by atoms with E-state index in [1.807, 2.05) is 35.2 Å². The minimum absolute atomic E-state index is 0.0499. The smallest absolute Gasteiger partial charge is 0.324 e. The molecule has 2 aliphatic heterocycles. The highest BCUT2D eigenvalue weighted by Gasteiger charge is 2.28. The van der Waals surface area contributed by atoms with Crippen molar-refractivity contribution < 1.29 is 28.3 Å². The molecule has 0 radical (unpaired) electrons. The monoisotopic (exact) mass is 466 g/mol. The Kier molecular flexibility index (Phi) is 6.11. The lowest BCUT2D eigenvalue weighted by Crippen LogP contribution is -2.40. The lowest BCUT2D eigenvalue weighted by Gasteiger charge is -2.29. The van der Waals surface area contributed by atoms with Gasteiger partial charge < -0.3 is 33.7 Å².